The van der Waals surface area contributed by atoms with Crippen LogP contribution in [0.1, 0.15) is 13.8 Å². The Kier molecular flexibility index (Phi) is 5.29. The molecule has 0 saturated carbocycles. The molecule has 6 heteroatoms. The van der Waals surface area contributed by atoms with Crippen molar-refractivity contribution in [2.45, 2.75) is 19.4 Å². The maximum atomic E-state index is 13.5. The van der Waals surface area contributed by atoms with Gasteiger partial charge in [0.15, 0.2) is 0 Å². The molecule has 19 heavy (non-hydrogen) atoms. The number of nitrogens with one attached hydrogen (secondary N) is 1. The van der Waals surface area contributed by atoms with Gasteiger partial charge in [-0.1, -0.05) is 11.6 Å². The van der Waals surface area contributed by atoms with Crippen LogP contribution in [0.4, 0.5) is 10.1 Å². The second-order valence-corrected chi connectivity index (χ2v) is 5.59. The molecular weight excluding hydrogens is 271 g/mol. The summed E-state index contributed by atoms with van der Waals surface area (Å²) in [5, 5.41) is 12.3. The minimum Gasteiger partial charge on any atom is -0.389 e. The topological polar surface area (TPSA) is 52.6 Å². The van der Waals surface area contributed by atoms with Crippen molar-refractivity contribution >= 4 is 23.2 Å². The van der Waals surface area contributed by atoms with Gasteiger partial charge in [-0.25, -0.2) is 4.39 Å². The van der Waals surface area contributed by atoms with Crippen molar-refractivity contribution in [2.24, 2.45) is 0 Å². The summed E-state index contributed by atoms with van der Waals surface area (Å²) in [6.07, 6.45) is 0. The molecule has 1 aromatic rings. The molecular formula is C13H18ClFN2O2. The lowest BCUT2D eigenvalue weighted by molar-refractivity contribution is -0.117. The number of hydrogen-bond acceptors (Lipinski definition) is 3. The van der Waals surface area contributed by atoms with Crippen molar-refractivity contribution in [1.82, 2.24) is 4.90 Å². The van der Waals surface area contributed by atoms with E-state index in [2.05, 4.69) is 5.32 Å². The van der Waals surface area contributed by atoms with Gasteiger partial charge in [0, 0.05) is 11.6 Å². The van der Waals surface area contributed by atoms with Crippen LogP contribution >= 0.6 is 11.6 Å². The predicted molar refractivity (Wildman–Crippen MR) is 73.8 cm³/mol. The van der Waals surface area contributed by atoms with Crippen LogP contribution in [0.2, 0.25) is 5.02 Å². The van der Waals surface area contributed by atoms with E-state index in [1.165, 1.54) is 12.1 Å². The predicted octanol–water partition coefficient (Wildman–Crippen LogP) is 2.12. The van der Waals surface area contributed by atoms with Crippen molar-refractivity contribution in [1.29, 1.82) is 0 Å². The van der Waals surface area contributed by atoms with Gasteiger partial charge in [0.1, 0.15) is 5.82 Å². The smallest absolute Gasteiger partial charge is 0.238 e. The van der Waals surface area contributed by atoms with E-state index in [1.807, 2.05) is 0 Å². The molecule has 0 spiro atoms. The Labute approximate surface area is 117 Å². The Hall–Kier alpha value is -1.17. The molecule has 1 aromatic carbocycles. The molecule has 0 unspecified atom stereocenters. The van der Waals surface area contributed by atoms with E-state index in [4.69, 9.17) is 11.6 Å². The van der Waals surface area contributed by atoms with Crippen LogP contribution in [0, 0.1) is 5.82 Å². The average molecular weight is 289 g/mol. The van der Waals surface area contributed by atoms with Gasteiger partial charge < -0.3 is 10.4 Å². The van der Waals surface area contributed by atoms with Gasteiger partial charge in [0.25, 0.3) is 0 Å². The second kappa shape index (κ2) is 6.32. The monoisotopic (exact) mass is 288 g/mol. The number of hydrogen-bond donors (Lipinski definition) is 2. The van der Waals surface area contributed by atoms with E-state index in [0.717, 1.165) is 6.07 Å². The van der Waals surface area contributed by atoms with Crippen LogP contribution < -0.4 is 5.32 Å². The number of nitrogens with zero attached hydrogens (tertiary/aromatic N) is 1. The van der Waals surface area contributed by atoms with E-state index in [1.54, 1.807) is 25.8 Å². The summed E-state index contributed by atoms with van der Waals surface area (Å²) < 4.78 is 13.5. The first kappa shape index (κ1) is 15.9. The van der Waals surface area contributed by atoms with Gasteiger partial charge in [0.05, 0.1) is 17.8 Å². The highest BCUT2D eigenvalue weighted by molar-refractivity contribution is 6.30. The lowest BCUT2D eigenvalue weighted by Crippen LogP contribution is -2.40. The number of anilines is 1. The van der Waals surface area contributed by atoms with E-state index in [9.17, 15) is 14.3 Å². The molecule has 2 N–H and O–H groups in total. The Morgan fingerprint density at radius 2 is 2.16 bits per heavy atom. The minimum atomic E-state index is -0.888. The van der Waals surface area contributed by atoms with Crippen LogP contribution in [-0.4, -0.2) is 41.7 Å². The SMILES string of the molecule is CN(CC(=O)Nc1ccc(Cl)cc1F)CC(C)(C)O. The average Bonchev–Trinajstić information content (AvgIpc) is 2.19. The van der Waals surface area contributed by atoms with Crippen LogP contribution in [0.15, 0.2) is 18.2 Å². The van der Waals surface area contributed by atoms with E-state index in [-0.39, 0.29) is 23.2 Å². The van der Waals surface area contributed by atoms with Gasteiger partial charge in [-0.2, -0.15) is 0 Å². The summed E-state index contributed by atoms with van der Waals surface area (Å²) in [5.41, 5.74) is -0.799. The van der Waals surface area contributed by atoms with Crippen LogP contribution in [0.3, 0.4) is 0 Å². The summed E-state index contributed by atoms with van der Waals surface area (Å²) in [6.45, 7) is 3.70. The van der Waals surface area contributed by atoms with Gasteiger partial charge in [0.2, 0.25) is 5.91 Å². The van der Waals surface area contributed by atoms with E-state index >= 15 is 0 Å². The fourth-order valence-electron chi connectivity index (χ4n) is 1.74. The standard InChI is InChI=1S/C13H18ClFN2O2/c1-13(2,19)8-17(3)7-12(18)16-11-5-4-9(14)6-10(11)15/h4-6,19H,7-8H2,1-3H3,(H,16,18). The fourth-order valence-corrected chi connectivity index (χ4v) is 1.90. The third kappa shape index (κ3) is 6.00. The Morgan fingerprint density at radius 1 is 1.53 bits per heavy atom. The molecule has 106 valence electrons. The number of benzene rings is 1. The number of carbonyl (C=O) groups is 1. The summed E-state index contributed by atoms with van der Waals surface area (Å²) in [5.74, 6) is -0.932. The van der Waals surface area contributed by atoms with Crippen LogP contribution in [0.5, 0.6) is 0 Å². The number of carbonyl (C=O) groups excluding carboxylic acids is 1. The third-order valence-corrected chi connectivity index (χ3v) is 2.51. The first-order chi connectivity index (χ1) is 8.67. The lowest BCUT2D eigenvalue weighted by atomic mass is 10.1. The summed E-state index contributed by atoms with van der Waals surface area (Å²) in [6, 6.07) is 4.05. The molecule has 0 fully saturated rings. The largest absolute Gasteiger partial charge is 0.389 e. The zero-order valence-electron chi connectivity index (χ0n) is 11.2. The maximum absolute atomic E-state index is 13.5. The van der Waals surface area contributed by atoms with Gasteiger partial charge in [-0.05, 0) is 39.1 Å². The Morgan fingerprint density at radius 3 is 2.68 bits per heavy atom. The van der Waals surface area contributed by atoms with Gasteiger partial charge >= 0.3 is 0 Å². The maximum Gasteiger partial charge on any atom is 0.238 e. The number of amides is 1. The number of halogens is 2. The first-order valence-electron chi connectivity index (χ1n) is 5.83. The van der Waals surface area contributed by atoms with Crippen LogP contribution in [0.25, 0.3) is 0 Å². The zero-order chi connectivity index (χ0) is 14.6. The highest BCUT2D eigenvalue weighted by Crippen LogP contribution is 2.18. The third-order valence-electron chi connectivity index (χ3n) is 2.28. The molecule has 0 bridgehead atoms. The molecule has 0 heterocycles. The Balaban J connectivity index is 2.56. The number of aliphatic hydroxyl groups is 1. The van der Waals surface area contributed by atoms with Crippen molar-refractivity contribution in [2.75, 3.05) is 25.5 Å². The lowest BCUT2D eigenvalue weighted by Gasteiger charge is -2.24. The van der Waals surface area contributed by atoms with Gasteiger partial charge in [-0.15, -0.1) is 0 Å². The minimum absolute atomic E-state index is 0.0616. The van der Waals surface area contributed by atoms with Gasteiger partial charge in [-0.3, -0.25) is 9.69 Å². The molecule has 0 saturated heterocycles. The number of likely N-dealkylation sites (N-methyl/N-ethyl adjacent to an activating group) is 1. The normalized spacial score (nSPS) is 11.7. The Bertz CT molecular complexity index is 460. The molecule has 0 aliphatic carbocycles. The molecule has 0 radical (unpaired) electrons. The highest BCUT2D eigenvalue weighted by atomic mass is 35.5. The summed E-state index contributed by atoms with van der Waals surface area (Å²) in [4.78, 5) is 13.4. The van der Waals surface area contributed by atoms with Crippen molar-refractivity contribution < 1.29 is 14.3 Å². The molecule has 4 nitrogen and oxygen atoms in total. The summed E-state index contributed by atoms with van der Waals surface area (Å²) in [7, 11) is 1.70. The molecule has 0 aliphatic heterocycles. The second-order valence-electron chi connectivity index (χ2n) is 5.16. The van der Waals surface area contributed by atoms with Crippen molar-refractivity contribution in [3.8, 4) is 0 Å². The molecule has 0 aliphatic rings. The van der Waals surface area contributed by atoms with Crippen molar-refractivity contribution in [3.63, 3.8) is 0 Å². The summed E-state index contributed by atoms with van der Waals surface area (Å²) >= 11 is 5.62. The zero-order valence-corrected chi connectivity index (χ0v) is 12.0. The molecule has 1 amide bonds. The first-order valence-corrected chi connectivity index (χ1v) is 6.21. The molecule has 0 aromatic heterocycles. The number of rotatable bonds is 5. The van der Waals surface area contributed by atoms with E-state index < -0.39 is 11.4 Å². The quantitative estimate of drug-likeness (QED) is 0.873. The molecule has 0 atom stereocenters. The van der Waals surface area contributed by atoms with Crippen LogP contribution in [-0.2, 0) is 4.79 Å². The highest BCUT2D eigenvalue weighted by Gasteiger charge is 2.17. The fraction of sp³-hybridized carbons (Fsp3) is 0.462. The van der Waals surface area contributed by atoms with Crippen molar-refractivity contribution in [3.05, 3.63) is 29.0 Å². The van der Waals surface area contributed by atoms with E-state index in [0.29, 0.717) is 6.54 Å². The molecule has 1 rings (SSSR count).